The minimum Gasteiger partial charge on any atom is -0.357 e. The molecule has 24 heavy (non-hydrogen) atoms. The Hall–Kier alpha value is -2.82. The van der Waals surface area contributed by atoms with Crippen LogP contribution in [0.2, 0.25) is 0 Å². The molecule has 126 valence electrons. The Morgan fingerprint density at radius 3 is 2.42 bits per heavy atom. The minimum absolute atomic E-state index is 0.109. The quantitative estimate of drug-likeness (QED) is 0.565. The Balaban J connectivity index is 1.89. The monoisotopic (exact) mass is 324 g/mol. The van der Waals surface area contributed by atoms with Crippen LogP contribution >= 0.6 is 0 Å². The van der Waals surface area contributed by atoms with Crippen molar-refractivity contribution in [2.75, 3.05) is 18.4 Å². The highest BCUT2D eigenvalue weighted by Crippen LogP contribution is 2.08. The lowest BCUT2D eigenvalue weighted by Crippen LogP contribution is -2.41. The first-order valence-electron chi connectivity index (χ1n) is 8.10. The third-order valence-corrected chi connectivity index (χ3v) is 3.49. The van der Waals surface area contributed by atoms with Gasteiger partial charge in [0.25, 0.3) is 0 Å². The first kappa shape index (κ1) is 17.5. The summed E-state index contributed by atoms with van der Waals surface area (Å²) in [5.74, 6) is 0.520. The fraction of sp³-hybridized carbons (Fsp3) is 0.263. The number of benzene rings is 2. The molecule has 5 heteroatoms. The van der Waals surface area contributed by atoms with Crippen molar-refractivity contribution >= 4 is 17.6 Å². The van der Waals surface area contributed by atoms with E-state index in [1.807, 2.05) is 49.4 Å². The Kier molecular flexibility index (Phi) is 6.83. The minimum atomic E-state index is -0.109. The van der Waals surface area contributed by atoms with Crippen LogP contribution < -0.4 is 16.0 Å². The van der Waals surface area contributed by atoms with Crippen LogP contribution in [0.25, 0.3) is 0 Å². The Morgan fingerprint density at radius 1 is 1.00 bits per heavy atom. The number of rotatable bonds is 6. The highest BCUT2D eigenvalue weighted by atomic mass is 16.1. The molecule has 2 aromatic rings. The molecule has 2 rings (SSSR count). The van der Waals surface area contributed by atoms with Gasteiger partial charge in [-0.05, 0) is 37.1 Å². The van der Waals surface area contributed by atoms with Gasteiger partial charge in [-0.1, -0.05) is 42.5 Å². The molecule has 0 fully saturated rings. The largest absolute Gasteiger partial charge is 0.357 e. The Labute approximate surface area is 143 Å². The molecule has 0 saturated carbocycles. The molecule has 1 amide bonds. The average molecular weight is 324 g/mol. The zero-order valence-corrected chi connectivity index (χ0v) is 14.2. The number of hydrogen-bond acceptors (Lipinski definition) is 2. The number of hydrogen-bond donors (Lipinski definition) is 3. The molecule has 3 N–H and O–H groups in total. The third-order valence-electron chi connectivity index (χ3n) is 3.49. The number of aryl methyl sites for hydroxylation is 1. The molecule has 0 radical (unpaired) electrons. The van der Waals surface area contributed by atoms with Gasteiger partial charge in [0.2, 0.25) is 5.91 Å². The Bertz CT molecular complexity index is 683. The maximum absolute atomic E-state index is 12.0. The number of guanidine groups is 1. The van der Waals surface area contributed by atoms with Crippen molar-refractivity contribution < 1.29 is 4.79 Å². The normalized spacial score (nSPS) is 11.0. The van der Waals surface area contributed by atoms with Crippen molar-refractivity contribution in [3.63, 3.8) is 0 Å². The van der Waals surface area contributed by atoms with E-state index >= 15 is 0 Å². The topological polar surface area (TPSA) is 65.5 Å². The summed E-state index contributed by atoms with van der Waals surface area (Å²) in [6.45, 7) is 5.53. The molecule has 0 heterocycles. The molecular weight excluding hydrogens is 300 g/mol. The number of nitrogens with zero attached hydrogens (tertiary/aromatic N) is 1. The van der Waals surface area contributed by atoms with Gasteiger partial charge in [-0.3, -0.25) is 4.79 Å². The molecule has 0 aromatic heterocycles. The van der Waals surface area contributed by atoms with Crippen LogP contribution in [-0.2, 0) is 11.3 Å². The molecule has 0 aliphatic heterocycles. The summed E-state index contributed by atoms with van der Waals surface area (Å²) in [6, 6.07) is 17.5. The van der Waals surface area contributed by atoms with Gasteiger partial charge in [-0.2, -0.15) is 0 Å². The summed E-state index contributed by atoms with van der Waals surface area (Å²) in [6.07, 6.45) is 0. The van der Waals surface area contributed by atoms with Crippen LogP contribution in [-0.4, -0.2) is 25.0 Å². The molecule has 0 saturated heterocycles. The summed E-state index contributed by atoms with van der Waals surface area (Å²) < 4.78 is 0. The van der Waals surface area contributed by atoms with Crippen LogP contribution in [0.4, 0.5) is 5.69 Å². The van der Waals surface area contributed by atoms with E-state index in [2.05, 4.69) is 40.0 Å². The van der Waals surface area contributed by atoms with Crippen LogP contribution in [0, 0.1) is 6.92 Å². The number of nitrogens with one attached hydrogen (secondary N) is 3. The zero-order valence-electron chi connectivity index (χ0n) is 14.2. The first-order chi connectivity index (χ1) is 11.7. The van der Waals surface area contributed by atoms with E-state index in [0.29, 0.717) is 12.5 Å². The predicted octanol–water partition coefficient (Wildman–Crippen LogP) is 2.69. The second-order valence-corrected chi connectivity index (χ2v) is 5.39. The van der Waals surface area contributed by atoms with E-state index in [1.54, 1.807) is 0 Å². The second kappa shape index (κ2) is 9.35. The van der Waals surface area contributed by atoms with Crippen molar-refractivity contribution in [1.82, 2.24) is 10.6 Å². The summed E-state index contributed by atoms with van der Waals surface area (Å²) >= 11 is 0. The maximum Gasteiger partial charge on any atom is 0.243 e. The third kappa shape index (κ3) is 5.76. The van der Waals surface area contributed by atoms with E-state index < -0.39 is 0 Å². The maximum atomic E-state index is 12.0. The molecule has 0 unspecified atom stereocenters. The van der Waals surface area contributed by atoms with Gasteiger partial charge in [-0.25, -0.2) is 4.99 Å². The fourth-order valence-electron chi connectivity index (χ4n) is 2.18. The van der Waals surface area contributed by atoms with Gasteiger partial charge in [-0.15, -0.1) is 0 Å². The van der Waals surface area contributed by atoms with Crippen LogP contribution in [0.1, 0.15) is 18.1 Å². The zero-order chi connectivity index (χ0) is 17.2. The van der Waals surface area contributed by atoms with E-state index in [9.17, 15) is 4.79 Å². The molecule has 0 bridgehead atoms. The number of carbonyl (C=O) groups excluding carboxylic acids is 1. The van der Waals surface area contributed by atoms with Crippen molar-refractivity contribution in [2.24, 2.45) is 4.99 Å². The summed E-state index contributed by atoms with van der Waals surface area (Å²) in [7, 11) is 0. The van der Waals surface area contributed by atoms with Crippen molar-refractivity contribution in [2.45, 2.75) is 20.4 Å². The van der Waals surface area contributed by atoms with Gasteiger partial charge >= 0.3 is 0 Å². The fourth-order valence-corrected chi connectivity index (χ4v) is 2.18. The summed E-state index contributed by atoms with van der Waals surface area (Å²) in [5.41, 5.74) is 3.16. The van der Waals surface area contributed by atoms with Crippen LogP contribution in [0.15, 0.2) is 59.6 Å². The molecule has 0 atom stereocenters. The van der Waals surface area contributed by atoms with Gasteiger partial charge in [0, 0.05) is 12.2 Å². The van der Waals surface area contributed by atoms with Crippen molar-refractivity contribution in [3.8, 4) is 0 Å². The van der Waals surface area contributed by atoms with E-state index in [-0.39, 0.29) is 12.5 Å². The van der Waals surface area contributed by atoms with Crippen molar-refractivity contribution in [1.29, 1.82) is 0 Å². The number of carbonyl (C=O) groups is 1. The number of para-hydroxylation sites is 1. The standard InChI is InChI=1S/C19H24N4O/c1-3-20-19(21-13-16-10-8-7-9-15(16)2)22-14-18(24)23-17-11-5-4-6-12-17/h4-12H,3,13-14H2,1-2H3,(H,23,24)(H2,20,21,22). The van der Waals surface area contributed by atoms with Gasteiger partial charge in [0.05, 0.1) is 13.1 Å². The number of aliphatic imine (C=N–C) groups is 1. The summed E-state index contributed by atoms with van der Waals surface area (Å²) in [5, 5.41) is 9.05. The number of anilines is 1. The molecule has 5 nitrogen and oxygen atoms in total. The second-order valence-electron chi connectivity index (χ2n) is 5.39. The number of amides is 1. The molecule has 0 spiro atoms. The summed E-state index contributed by atoms with van der Waals surface area (Å²) in [4.78, 5) is 16.5. The van der Waals surface area contributed by atoms with Gasteiger partial charge in [0.15, 0.2) is 5.96 Å². The smallest absolute Gasteiger partial charge is 0.243 e. The molecular formula is C19H24N4O. The lowest BCUT2D eigenvalue weighted by Gasteiger charge is -2.12. The first-order valence-corrected chi connectivity index (χ1v) is 8.10. The van der Waals surface area contributed by atoms with Gasteiger partial charge < -0.3 is 16.0 Å². The van der Waals surface area contributed by atoms with E-state index in [0.717, 1.165) is 12.2 Å². The van der Waals surface area contributed by atoms with Crippen LogP contribution in [0.5, 0.6) is 0 Å². The Morgan fingerprint density at radius 2 is 1.71 bits per heavy atom. The van der Waals surface area contributed by atoms with Crippen LogP contribution in [0.3, 0.4) is 0 Å². The van der Waals surface area contributed by atoms with Gasteiger partial charge in [0.1, 0.15) is 0 Å². The van der Waals surface area contributed by atoms with Crippen molar-refractivity contribution in [3.05, 3.63) is 65.7 Å². The highest BCUT2D eigenvalue weighted by Gasteiger charge is 2.04. The SMILES string of the molecule is CCNC(=NCc1ccccc1C)NCC(=O)Nc1ccccc1. The predicted molar refractivity (Wildman–Crippen MR) is 99.1 cm³/mol. The molecule has 2 aromatic carbocycles. The lowest BCUT2D eigenvalue weighted by atomic mass is 10.1. The van der Waals surface area contributed by atoms with E-state index in [1.165, 1.54) is 11.1 Å². The molecule has 0 aliphatic rings. The molecule has 0 aliphatic carbocycles. The van der Waals surface area contributed by atoms with E-state index in [4.69, 9.17) is 0 Å². The lowest BCUT2D eigenvalue weighted by molar-refractivity contribution is -0.115. The average Bonchev–Trinajstić information content (AvgIpc) is 2.59. The highest BCUT2D eigenvalue weighted by molar-refractivity contribution is 5.94.